The number of unbranched alkanes of at least 4 members (excludes halogenated alkanes) is 4. The SMILES string of the molecule is CCCCCCCC(C)(CN)N1CCC(N2CCCC2)C1. The molecule has 0 aromatic rings. The molecule has 0 spiro atoms. The van der Waals surface area contributed by atoms with Crippen LogP contribution in [0, 0.1) is 0 Å². The second-order valence-electron chi connectivity index (χ2n) is 7.50. The van der Waals surface area contributed by atoms with Gasteiger partial charge in [0.25, 0.3) is 0 Å². The van der Waals surface area contributed by atoms with Crippen molar-refractivity contribution in [1.29, 1.82) is 0 Å². The van der Waals surface area contributed by atoms with E-state index in [2.05, 4.69) is 23.6 Å². The molecular weight excluding hydrogens is 258 g/mol. The highest BCUT2D eigenvalue weighted by Crippen LogP contribution is 2.29. The molecule has 0 bridgehead atoms. The molecule has 0 aromatic carbocycles. The third-order valence-corrected chi connectivity index (χ3v) is 5.84. The van der Waals surface area contributed by atoms with Gasteiger partial charge in [-0.2, -0.15) is 0 Å². The molecule has 21 heavy (non-hydrogen) atoms. The van der Waals surface area contributed by atoms with E-state index in [1.54, 1.807) is 0 Å². The summed E-state index contributed by atoms with van der Waals surface area (Å²) in [5.41, 5.74) is 6.41. The van der Waals surface area contributed by atoms with Crippen LogP contribution in [0.4, 0.5) is 0 Å². The van der Waals surface area contributed by atoms with Crippen molar-refractivity contribution in [1.82, 2.24) is 9.80 Å². The average molecular weight is 296 g/mol. The summed E-state index contributed by atoms with van der Waals surface area (Å²) in [5, 5.41) is 0. The Balaban J connectivity index is 1.76. The zero-order valence-electron chi connectivity index (χ0n) is 14.4. The molecule has 2 fully saturated rings. The summed E-state index contributed by atoms with van der Waals surface area (Å²) in [7, 11) is 0. The third-order valence-electron chi connectivity index (χ3n) is 5.84. The number of nitrogens with two attached hydrogens (primary N) is 1. The van der Waals surface area contributed by atoms with Crippen LogP contribution in [0.5, 0.6) is 0 Å². The van der Waals surface area contributed by atoms with Gasteiger partial charge in [0.05, 0.1) is 0 Å². The molecule has 0 saturated carbocycles. The fourth-order valence-electron chi connectivity index (χ4n) is 4.14. The standard InChI is InChI=1S/C18H37N3/c1-3-4-5-6-7-11-18(2,16-19)21-14-10-17(15-21)20-12-8-9-13-20/h17H,3-16,19H2,1-2H3. The van der Waals surface area contributed by atoms with Gasteiger partial charge in [-0.05, 0) is 45.7 Å². The number of hydrogen-bond donors (Lipinski definition) is 1. The van der Waals surface area contributed by atoms with Crippen LogP contribution in [0.2, 0.25) is 0 Å². The van der Waals surface area contributed by atoms with E-state index in [0.29, 0.717) is 0 Å². The van der Waals surface area contributed by atoms with Crippen LogP contribution in [0.25, 0.3) is 0 Å². The number of rotatable bonds is 9. The first-order valence-electron chi connectivity index (χ1n) is 9.39. The summed E-state index contributed by atoms with van der Waals surface area (Å²) < 4.78 is 0. The van der Waals surface area contributed by atoms with Gasteiger partial charge in [0.1, 0.15) is 0 Å². The zero-order valence-corrected chi connectivity index (χ0v) is 14.4. The predicted molar refractivity (Wildman–Crippen MR) is 91.6 cm³/mol. The lowest BCUT2D eigenvalue weighted by Crippen LogP contribution is -2.51. The monoisotopic (exact) mass is 295 g/mol. The Hall–Kier alpha value is -0.120. The summed E-state index contributed by atoms with van der Waals surface area (Å²) in [6.07, 6.45) is 12.3. The summed E-state index contributed by atoms with van der Waals surface area (Å²) in [6.45, 7) is 10.7. The minimum absolute atomic E-state index is 0.237. The summed E-state index contributed by atoms with van der Waals surface area (Å²) in [4.78, 5) is 5.42. The smallest absolute Gasteiger partial charge is 0.0304 e. The van der Waals surface area contributed by atoms with Gasteiger partial charge in [-0.3, -0.25) is 9.80 Å². The van der Waals surface area contributed by atoms with E-state index < -0.39 is 0 Å². The first-order valence-corrected chi connectivity index (χ1v) is 9.39. The fraction of sp³-hybridized carbons (Fsp3) is 1.00. The van der Waals surface area contributed by atoms with Crippen molar-refractivity contribution < 1.29 is 0 Å². The van der Waals surface area contributed by atoms with Gasteiger partial charge in [0.2, 0.25) is 0 Å². The van der Waals surface area contributed by atoms with Crippen molar-refractivity contribution in [3.05, 3.63) is 0 Å². The van der Waals surface area contributed by atoms with Crippen LogP contribution in [0.1, 0.15) is 71.6 Å². The normalized spacial score (nSPS) is 27.3. The number of nitrogens with zero attached hydrogens (tertiary/aromatic N) is 2. The number of likely N-dealkylation sites (tertiary alicyclic amines) is 2. The predicted octanol–water partition coefficient (Wildman–Crippen LogP) is 3.23. The first-order chi connectivity index (χ1) is 10.2. The summed E-state index contributed by atoms with van der Waals surface area (Å²) in [5.74, 6) is 0. The largest absolute Gasteiger partial charge is 0.329 e. The molecule has 124 valence electrons. The third kappa shape index (κ3) is 4.67. The Morgan fingerprint density at radius 2 is 1.76 bits per heavy atom. The van der Waals surface area contributed by atoms with Gasteiger partial charge in [-0.15, -0.1) is 0 Å². The van der Waals surface area contributed by atoms with Crippen LogP contribution >= 0.6 is 0 Å². The van der Waals surface area contributed by atoms with Crippen molar-refractivity contribution in [2.24, 2.45) is 5.73 Å². The Morgan fingerprint density at radius 3 is 2.43 bits per heavy atom. The van der Waals surface area contributed by atoms with Gasteiger partial charge in [0.15, 0.2) is 0 Å². The molecule has 0 aliphatic carbocycles. The van der Waals surface area contributed by atoms with Crippen molar-refractivity contribution >= 4 is 0 Å². The van der Waals surface area contributed by atoms with Crippen molar-refractivity contribution in [3.63, 3.8) is 0 Å². The van der Waals surface area contributed by atoms with Crippen LogP contribution in [0.15, 0.2) is 0 Å². The van der Waals surface area contributed by atoms with Crippen LogP contribution in [-0.4, -0.2) is 54.1 Å². The Morgan fingerprint density at radius 1 is 1.05 bits per heavy atom. The van der Waals surface area contributed by atoms with Gasteiger partial charge >= 0.3 is 0 Å². The van der Waals surface area contributed by atoms with E-state index in [1.807, 2.05) is 0 Å². The Bertz CT molecular complexity index is 288. The van der Waals surface area contributed by atoms with E-state index >= 15 is 0 Å². The topological polar surface area (TPSA) is 32.5 Å². The molecule has 2 atom stereocenters. The molecule has 2 N–H and O–H groups in total. The summed E-state index contributed by atoms with van der Waals surface area (Å²) >= 11 is 0. The molecule has 3 heteroatoms. The Labute approximate surface area is 132 Å². The molecule has 0 aromatic heterocycles. The van der Waals surface area contributed by atoms with Gasteiger partial charge < -0.3 is 5.73 Å². The van der Waals surface area contributed by atoms with Gasteiger partial charge in [0, 0.05) is 31.2 Å². The molecule has 2 unspecified atom stereocenters. The van der Waals surface area contributed by atoms with Gasteiger partial charge in [-0.25, -0.2) is 0 Å². The maximum absolute atomic E-state index is 6.17. The molecule has 2 heterocycles. The van der Waals surface area contributed by atoms with Crippen molar-refractivity contribution in [3.8, 4) is 0 Å². The second kappa shape index (κ2) is 8.50. The minimum Gasteiger partial charge on any atom is -0.329 e. The quantitative estimate of drug-likeness (QED) is 0.663. The van der Waals surface area contributed by atoms with Crippen molar-refractivity contribution in [2.45, 2.75) is 83.2 Å². The molecule has 3 nitrogen and oxygen atoms in total. The second-order valence-corrected chi connectivity index (χ2v) is 7.50. The highest BCUT2D eigenvalue weighted by molar-refractivity contribution is 4.95. The average Bonchev–Trinajstić information content (AvgIpc) is 3.17. The van der Waals surface area contributed by atoms with E-state index in [4.69, 9.17) is 5.73 Å². The van der Waals surface area contributed by atoms with E-state index in [9.17, 15) is 0 Å². The minimum atomic E-state index is 0.237. The van der Waals surface area contributed by atoms with Crippen LogP contribution in [0.3, 0.4) is 0 Å². The van der Waals surface area contributed by atoms with Crippen LogP contribution < -0.4 is 5.73 Å². The highest BCUT2D eigenvalue weighted by atomic mass is 15.3. The van der Waals surface area contributed by atoms with Gasteiger partial charge in [-0.1, -0.05) is 39.0 Å². The molecule has 0 amide bonds. The lowest BCUT2D eigenvalue weighted by Gasteiger charge is -2.39. The summed E-state index contributed by atoms with van der Waals surface area (Å²) in [6, 6.07) is 0.804. The maximum atomic E-state index is 6.17. The van der Waals surface area contributed by atoms with Crippen molar-refractivity contribution in [2.75, 3.05) is 32.7 Å². The molecule has 0 radical (unpaired) electrons. The maximum Gasteiger partial charge on any atom is 0.0304 e. The molecule has 2 aliphatic heterocycles. The molecular formula is C18H37N3. The lowest BCUT2D eigenvalue weighted by molar-refractivity contribution is 0.115. The van der Waals surface area contributed by atoms with E-state index in [-0.39, 0.29) is 5.54 Å². The van der Waals surface area contributed by atoms with Crippen LogP contribution in [-0.2, 0) is 0 Å². The fourth-order valence-corrected chi connectivity index (χ4v) is 4.14. The molecule has 2 aliphatic rings. The number of hydrogen-bond acceptors (Lipinski definition) is 3. The highest BCUT2D eigenvalue weighted by Gasteiger charge is 2.37. The van der Waals surface area contributed by atoms with E-state index in [0.717, 1.165) is 12.6 Å². The Kier molecular flexibility index (Phi) is 6.97. The molecule has 2 saturated heterocycles. The zero-order chi connectivity index (χ0) is 15.1. The lowest BCUT2D eigenvalue weighted by atomic mass is 9.92. The molecule has 2 rings (SSSR count). The van der Waals surface area contributed by atoms with E-state index in [1.165, 1.54) is 84.0 Å². The first kappa shape index (κ1) is 17.2.